The lowest BCUT2D eigenvalue weighted by molar-refractivity contribution is -0.146. The normalized spacial score (nSPS) is 13.5. The number of halogens is 2. The molecule has 0 saturated carbocycles. The average Bonchev–Trinajstić information content (AvgIpc) is 3.31. The van der Waals surface area contributed by atoms with E-state index in [2.05, 4.69) is 95.2 Å². The van der Waals surface area contributed by atoms with Gasteiger partial charge in [-0.05, 0) is 131 Å². The lowest BCUT2D eigenvalue weighted by Crippen LogP contribution is -2.32. The molecule has 12 nitrogen and oxygen atoms in total. The van der Waals surface area contributed by atoms with Crippen molar-refractivity contribution >= 4 is 23.7 Å². The molecule has 8 N–H and O–H groups in total. The molecule has 424 valence electrons. The number of ether oxygens (including phenoxy) is 1. The summed E-state index contributed by atoms with van der Waals surface area (Å²) in [4.78, 5) is 33.5. The van der Waals surface area contributed by atoms with Crippen molar-refractivity contribution in [1.82, 2.24) is 26.2 Å². The summed E-state index contributed by atoms with van der Waals surface area (Å²) < 4.78 is 29.8. The van der Waals surface area contributed by atoms with E-state index in [9.17, 15) is 23.2 Å². The molecule has 0 unspecified atom stereocenters. The fourth-order valence-electron chi connectivity index (χ4n) is 6.13. The minimum Gasteiger partial charge on any atom is -0.481 e. The number of hydrogen-bond donors (Lipinski definition) is 7. The van der Waals surface area contributed by atoms with Crippen molar-refractivity contribution in [2.24, 2.45) is 53.1 Å². The Hall–Kier alpha value is -4.24. The van der Waals surface area contributed by atoms with Crippen LogP contribution in [-0.2, 0) is 32.2 Å². The van der Waals surface area contributed by atoms with E-state index < -0.39 is 5.97 Å². The molecular weight excluding hydrogens is 925 g/mol. The molecule has 2 aromatic rings. The van der Waals surface area contributed by atoms with Gasteiger partial charge in [0.2, 0.25) is 5.91 Å². The molecule has 2 saturated heterocycles. The number of rotatable bonds is 16. The summed E-state index contributed by atoms with van der Waals surface area (Å²) in [6.07, 6.45) is 7.43. The number of likely N-dealkylation sites (tertiary alicyclic amines) is 1. The van der Waals surface area contributed by atoms with Crippen LogP contribution in [0, 0.1) is 64.4 Å². The second-order valence-electron chi connectivity index (χ2n) is 21.3. The van der Waals surface area contributed by atoms with Crippen LogP contribution >= 0.6 is 0 Å². The van der Waals surface area contributed by atoms with Crippen LogP contribution in [-0.4, -0.2) is 92.1 Å². The molecule has 0 spiro atoms. The maximum absolute atomic E-state index is 12.7. The minimum absolute atomic E-state index is 0.0371. The van der Waals surface area contributed by atoms with Crippen molar-refractivity contribution in [2.75, 3.05) is 46.4 Å². The minimum atomic E-state index is -0.713. The summed E-state index contributed by atoms with van der Waals surface area (Å²) in [5.74, 6) is 3.51. The Kier molecular flexibility index (Phi) is 49.0. The number of aliphatic carboxylic acids is 1. The van der Waals surface area contributed by atoms with Gasteiger partial charge < -0.3 is 41.7 Å². The second kappa shape index (κ2) is 47.5. The first-order chi connectivity index (χ1) is 34.0. The largest absolute Gasteiger partial charge is 0.481 e. The van der Waals surface area contributed by atoms with Gasteiger partial charge in [0.25, 0.3) is 0 Å². The van der Waals surface area contributed by atoms with E-state index >= 15 is 0 Å². The van der Waals surface area contributed by atoms with Gasteiger partial charge in [-0.25, -0.2) is 8.78 Å². The fraction of sp³-hybridized carbons (Fsp3) is 0.695. The van der Waals surface area contributed by atoms with Crippen LogP contribution in [0.2, 0.25) is 0 Å². The molecule has 14 heteroatoms. The van der Waals surface area contributed by atoms with Crippen LogP contribution in [0.15, 0.2) is 61.2 Å². The molecule has 2 heterocycles. The van der Waals surface area contributed by atoms with Crippen molar-refractivity contribution in [3.63, 3.8) is 0 Å². The van der Waals surface area contributed by atoms with Crippen molar-refractivity contribution in [1.29, 1.82) is 5.41 Å². The van der Waals surface area contributed by atoms with Gasteiger partial charge in [-0.15, -0.1) is 0 Å². The third-order valence-electron chi connectivity index (χ3n) is 11.2. The van der Waals surface area contributed by atoms with Crippen LogP contribution in [0.5, 0.6) is 0 Å². The Balaban J connectivity index is -0.000000376. The van der Waals surface area contributed by atoms with Gasteiger partial charge in [0.05, 0.1) is 11.8 Å². The Labute approximate surface area is 445 Å². The van der Waals surface area contributed by atoms with Crippen LogP contribution in [0.4, 0.5) is 8.78 Å². The number of carbonyl (C=O) groups is 3. The van der Waals surface area contributed by atoms with Crippen molar-refractivity contribution in [3.05, 3.63) is 83.9 Å². The van der Waals surface area contributed by atoms with Gasteiger partial charge in [-0.2, -0.15) is 0 Å². The third-order valence-corrected chi connectivity index (χ3v) is 11.2. The van der Waals surface area contributed by atoms with Crippen LogP contribution in [0.3, 0.4) is 0 Å². The van der Waals surface area contributed by atoms with Crippen LogP contribution in [0.1, 0.15) is 161 Å². The molecule has 2 fully saturated rings. The number of nitrogens with two attached hydrogens (primary N) is 1. The summed E-state index contributed by atoms with van der Waals surface area (Å²) in [5, 5.41) is 27.4. The standard InChI is InChI=1S/2C10H14FN.C9H19N.C8H17N.C7H12O2.C6H13NO.C5H10O2.C4H10N2/c1-8(2)12-7-9-3-5-10(11)6-4-9;1-8(2)12-7-9-4-3-5-10(11)6-9;1-8(2)9-4-6-10(3)7-5-9;1-7(2)8-3-5-9-6-4-8;1-4-5-9-7(8)6(2)3;1-4-7-6(8)5(2)3;1-4(2)3-5(6)7;1-3(2)4(5)6/h2*3-6,8,12H,7H2,1-2H3;8-9H,4-7H2,1-3H3;7-9H,3-6H2,1-2H3;4,6H,1,5H2,2-3H3;5H,4H2,1-3H3,(H,7,8);4H,3H2,1-2H3,(H,6,7);3H,1-2H3,(H3,5,6). The highest BCUT2D eigenvalue weighted by atomic mass is 19.1. The number of esters is 1. The van der Waals surface area contributed by atoms with Crippen molar-refractivity contribution < 1.29 is 33.0 Å². The Morgan fingerprint density at radius 1 is 0.753 bits per heavy atom. The highest BCUT2D eigenvalue weighted by Crippen LogP contribution is 2.23. The molecule has 0 radical (unpaired) electrons. The number of benzene rings is 2. The number of carbonyl (C=O) groups excluding carboxylic acids is 2. The summed E-state index contributed by atoms with van der Waals surface area (Å²) in [6, 6.07) is 14.1. The molecule has 73 heavy (non-hydrogen) atoms. The highest BCUT2D eigenvalue weighted by Gasteiger charge is 2.19. The summed E-state index contributed by atoms with van der Waals surface area (Å²) >= 11 is 0. The first kappa shape index (κ1) is 75.3. The van der Waals surface area contributed by atoms with Gasteiger partial charge in [-0.3, -0.25) is 19.8 Å². The zero-order valence-corrected chi connectivity index (χ0v) is 49.2. The smallest absolute Gasteiger partial charge is 0.308 e. The number of carboxylic acids is 1. The number of amides is 1. The predicted molar refractivity (Wildman–Crippen MR) is 306 cm³/mol. The van der Waals surface area contributed by atoms with Gasteiger partial charge in [0, 0.05) is 50.0 Å². The number of amidine groups is 1. The maximum Gasteiger partial charge on any atom is 0.308 e. The molecule has 2 aliphatic heterocycles. The van der Waals surface area contributed by atoms with Crippen molar-refractivity contribution in [3.8, 4) is 0 Å². The second-order valence-corrected chi connectivity index (χ2v) is 21.3. The van der Waals surface area contributed by atoms with Gasteiger partial charge in [0.15, 0.2) is 0 Å². The molecule has 0 aliphatic carbocycles. The third kappa shape index (κ3) is 52.4. The maximum atomic E-state index is 12.7. The van der Waals surface area contributed by atoms with E-state index in [1.54, 1.807) is 44.2 Å². The molecule has 4 rings (SSSR count). The number of nitrogens with one attached hydrogen (secondary N) is 5. The highest BCUT2D eigenvalue weighted by molar-refractivity contribution is 5.78. The molecule has 2 aromatic carbocycles. The summed E-state index contributed by atoms with van der Waals surface area (Å²) in [5.41, 5.74) is 7.12. The van der Waals surface area contributed by atoms with Crippen LogP contribution in [0.25, 0.3) is 0 Å². The lowest BCUT2D eigenvalue weighted by atomic mass is 9.87. The molecule has 0 aromatic heterocycles. The monoisotopic (exact) mass is 1030 g/mol. The molecule has 0 bridgehead atoms. The first-order valence-electron chi connectivity index (χ1n) is 27.0. The number of hydrogen-bond acceptors (Lipinski definition) is 9. The van der Waals surface area contributed by atoms with E-state index in [-0.39, 0.29) is 59.4 Å². The predicted octanol–water partition coefficient (Wildman–Crippen LogP) is 12.1. The molecule has 2 aliphatic rings. The summed E-state index contributed by atoms with van der Waals surface area (Å²) in [7, 11) is 2.22. The van der Waals surface area contributed by atoms with Gasteiger partial charge in [0.1, 0.15) is 18.2 Å². The number of piperidine rings is 2. The Bertz CT molecular complexity index is 1660. The first-order valence-corrected chi connectivity index (χ1v) is 27.0. The van der Waals surface area contributed by atoms with Gasteiger partial charge >= 0.3 is 11.9 Å². The van der Waals surface area contributed by atoms with E-state index in [0.29, 0.717) is 18.7 Å². The topological polar surface area (TPSA) is 182 Å². The number of carboxylic acid groups (broad SMARTS) is 1. The zero-order chi connectivity index (χ0) is 57.1. The van der Waals surface area contributed by atoms with Crippen LogP contribution < -0.4 is 27.0 Å². The molecular formula is C59H109F2N7O5. The van der Waals surface area contributed by atoms with Gasteiger partial charge in [-0.1, -0.05) is 148 Å². The quantitative estimate of drug-likeness (QED) is 0.0370. The fourth-order valence-corrected chi connectivity index (χ4v) is 6.13. The van der Waals surface area contributed by atoms with E-state index in [1.165, 1.54) is 70.1 Å². The van der Waals surface area contributed by atoms with E-state index in [1.807, 2.05) is 54.5 Å². The Morgan fingerprint density at radius 3 is 1.53 bits per heavy atom. The Morgan fingerprint density at radius 2 is 1.22 bits per heavy atom. The molecule has 1 amide bonds. The van der Waals surface area contributed by atoms with E-state index in [4.69, 9.17) is 21.0 Å². The summed E-state index contributed by atoms with van der Waals surface area (Å²) in [6.45, 7) is 45.6. The zero-order valence-electron chi connectivity index (χ0n) is 49.2. The van der Waals surface area contributed by atoms with E-state index in [0.717, 1.165) is 54.4 Å². The van der Waals surface area contributed by atoms with Crippen molar-refractivity contribution in [2.45, 2.75) is 175 Å². The number of nitrogens with zero attached hydrogens (tertiary/aromatic N) is 1. The SMILES string of the molecule is C=CCOC(=O)C(C)C.CC(C)C(=N)N.CC(C)C1CCN(C)CC1.CC(C)C1CCNCC1.CC(C)CC(=O)O.CC(C)NCc1ccc(F)cc1.CC(C)NCc1cccc(F)c1.CCNC(=O)C(C)C. The lowest BCUT2D eigenvalue weighted by Gasteiger charge is -2.31. The average molecular weight is 1030 g/mol. The molecule has 0 atom stereocenters.